The van der Waals surface area contributed by atoms with Gasteiger partial charge in [-0.3, -0.25) is 9.59 Å². The zero-order valence-corrected chi connectivity index (χ0v) is 14.1. The van der Waals surface area contributed by atoms with Gasteiger partial charge in [0.1, 0.15) is 0 Å². The number of nitrogens with one attached hydrogen (secondary N) is 2. The molecular weight excluding hydrogens is 356 g/mol. The normalized spacial score (nSPS) is 10.7. The number of aromatic amines is 1. The molecule has 23 heavy (non-hydrogen) atoms. The average molecular weight is 371 g/mol. The molecule has 0 radical (unpaired) electrons. The Kier molecular flexibility index (Phi) is 4.30. The van der Waals surface area contributed by atoms with E-state index in [1.165, 1.54) is 0 Å². The predicted molar refractivity (Wildman–Crippen MR) is 96.0 cm³/mol. The number of hydrogen-bond donors (Lipinski definition) is 2. The number of carbonyl (C=O) groups is 1. The molecule has 1 amide bonds. The topological polar surface area (TPSA) is 62.0 Å². The number of pyridine rings is 1. The summed E-state index contributed by atoms with van der Waals surface area (Å²) in [7, 11) is 0. The third-order valence-corrected chi connectivity index (χ3v) is 4.15. The second-order valence-corrected chi connectivity index (χ2v) is 6.15. The molecule has 3 aromatic rings. The number of halogens is 1. The smallest absolute Gasteiger partial charge is 0.255 e. The van der Waals surface area contributed by atoms with E-state index in [0.717, 1.165) is 27.4 Å². The van der Waals surface area contributed by atoms with Gasteiger partial charge in [-0.2, -0.15) is 0 Å². The van der Waals surface area contributed by atoms with Crippen LogP contribution in [0.15, 0.2) is 57.8 Å². The Labute approximate surface area is 141 Å². The van der Waals surface area contributed by atoms with Crippen LogP contribution in [-0.2, 0) is 6.42 Å². The summed E-state index contributed by atoms with van der Waals surface area (Å²) in [4.78, 5) is 26.8. The number of aromatic nitrogens is 1. The van der Waals surface area contributed by atoms with Crippen molar-refractivity contribution in [2.75, 3.05) is 5.32 Å². The second-order valence-electron chi connectivity index (χ2n) is 5.24. The van der Waals surface area contributed by atoms with Crippen LogP contribution >= 0.6 is 15.9 Å². The molecule has 116 valence electrons. The summed E-state index contributed by atoms with van der Waals surface area (Å²) in [6, 6.07) is 14.3. The van der Waals surface area contributed by atoms with Gasteiger partial charge in [-0.15, -0.1) is 0 Å². The maximum Gasteiger partial charge on any atom is 0.255 e. The van der Waals surface area contributed by atoms with Gasteiger partial charge in [0.25, 0.3) is 5.91 Å². The number of H-pyrrole nitrogens is 1. The van der Waals surface area contributed by atoms with E-state index >= 15 is 0 Å². The first-order chi connectivity index (χ1) is 11.1. The van der Waals surface area contributed by atoms with Crippen LogP contribution in [0.25, 0.3) is 10.9 Å². The average Bonchev–Trinajstić information content (AvgIpc) is 2.53. The van der Waals surface area contributed by atoms with Crippen LogP contribution < -0.4 is 10.9 Å². The van der Waals surface area contributed by atoms with Crippen molar-refractivity contribution in [2.24, 2.45) is 0 Å². The second kappa shape index (κ2) is 6.38. The monoisotopic (exact) mass is 370 g/mol. The first-order valence-corrected chi connectivity index (χ1v) is 8.09. The highest BCUT2D eigenvalue weighted by molar-refractivity contribution is 9.10. The van der Waals surface area contributed by atoms with Gasteiger partial charge in [-0.1, -0.05) is 35.0 Å². The molecule has 0 bridgehead atoms. The lowest BCUT2D eigenvalue weighted by Gasteiger charge is -2.09. The minimum absolute atomic E-state index is 0.134. The zero-order chi connectivity index (χ0) is 16.4. The Hall–Kier alpha value is -2.40. The van der Waals surface area contributed by atoms with Crippen molar-refractivity contribution in [3.8, 4) is 0 Å². The summed E-state index contributed by atoms with van der Waals surface area (Å²) in [5.41, 5.74) is 2.79. The van der Waals surface area contributed by atoms with Gasteiger partial charge in [-0.05, 0) is 42.3 Å². The van der Waals surface area contributed by atoms with Gasteiger partial charge in [0.2, 0.25) is 5.56 Å². The van der Waals surface area contributed by atoms with Crippen LogP contribution in [0.2, 0.25) is 0 Å². The van der Waals surface area contributed by atoms with E-state index in [1.54, 1.807) is 24.3 Å². The van der Waals surface area contributed by atoms with Crippen molar-refractivity contribution >= 4 is 38.4 Å². The van der Waals surface area contributed by atoms with Crippen LogP contribution in [0.3, 0.4) is 0 Å². The SMILES string of the molecule is CCc1cc(=O)[nH]c2cc(NC(=O)c3cccc(Br)c3)ccc12. The largest absolute Gasteiger partial charge is 0.322 e. The number of amides is 1. The minimum atomic E-state index is -0.195. The molecule has 1 heterocycles. The van der Waals surface area contributed by atoms with Crippen molar-refractivity contribution in [3.63, 3.8) is 0 Å². The summed E-state index contributed by atoms with van der Waals surface area (Å²) >= 11 is 3.35. The summed E-state index contributed by atoms with van der Waals surface area (Å²) in [6.07, 6.45) is 0.782. The molecule has 2 aromatic carbocycles. The number of fused-ring (bicyclic) bond motifs is 1. The Balaban J connectivity index is 1.95. The first-order valence-electron chi connectivity index (χ1n) is 7.29. The highest BCUT2D eigenvalue weighted by Gasteiger charge is 2.08. The molecule has 4 nitrogen and oxygen atoms in total. The molecule has 0 spiro atoms. The number of aryl methyl sites for hydroxylation is 1. The van der Waals surface area contributed by atoms with E-state index in [1.807, 2.05) is 31.2 Å². The fraction of sp³-hybridized carbons (Fsp3) is 0.111. The van der Waals surface area contributed by atoms with Crippen molar-refractivity contribution in [1.82, 2.24) is 4.98 Å². The molecule has 0 aliphatic heterocycles. The lowest BCUT2D eigenvalue weighted by molar-refractivity contribution is 0.102. The maximum absolute atomic E-state index is 12.3. The highest BCUT2D eigenvalue weighted by Crippen LogP contribution is 2.21. The van der Waals surface area contributed by atoms with E-state index in [0.29, 0.717) is 11.3 Å². The van der Waals surface area contributed by atoms with E-state index in [9.17, 15) is 9.59 Å². The number of hydrogen-bond acceptors (Lipinski definition) is 2. The third kappa shape index (κ3) is 3.35. The quantitative estimate of drug-likeness (QED) is 0.728. The molecule has 5 heteroatoms. The van der Waals surface area contributed by atoms with Crippen molar-refractivity contribution < 1.29 is 4.79 Å². The molecule has 0 atom stereocenters. The van der Waals surface area contributed by atoms with Gasteiger partial charge in [0, 0.05) is 27.2 Å². The first kappa shape index (κ1) is 15.5. The minimum Gasteiger partial charge on any atom is -0.322 e. The fourth-order valence-corrected chi connectivity index (χ4v) is 2.93. The van der Waals surface area contributed by atoms with Gasteiger partial charge in [0.15, 0.2) is 0 Å². The van der Waals surface area contributed by atoms with Crippen molar-refractivity contribution in [2.45, 2.75) is 13.3 Å². The molecule has 0 unspecified atom stereocenters. The van der Waals surface area contributed by atoms with Gasteiger partial charge < -0.3 is 10.3 Å². The highest BCUT2D eigenvalue weighted by atomic mass is 79.9. The lowest BCUT2D eigenvalue weighted by atomic mass is 10.1. The molecule has 0 saturated heterocycles. The Morgan fingerprint density at radius 1 is 1.17 bits per heavy atom. The van der Waals surface area contributed by atoms with Crippen molar-refractivity contribution in [1.29, 1.82) is 0 Å². The van der Waals surface area contributed by atoms with E-state index < -0.39 is 0 Å². The van der Waals surface area contributed by atoms with E-state index in [-0.39, 0.29) is 11.5 Å². The summed E-state index contributed by atoms with van der Waals surface area (Å²) in [5, 5.41) is 3.85. The van der Waals surface area contributed by atoms with Crippen LogP contribution in [-0.4, -0.2) is 10.9 Å². The van der Waals surface area contributed by atoms with Crippen LogP contribution in [0.1, 0.15) is 22.8 Å². The molecule has 0 aliphatic rings. The maximum atomic E-state index is 12.3. The fourth-order valence-electron chi connectivity index (χ4n) is 2.54. The van der Waals surface area contributed by atoms with Gasteiger partial charge >= 0.3 is 0 Å². The molecule has 0 fully saturated rings. The Morgan fingerprint density at radius 2 is 2.00 bits per heavy atom. The molecule has 0 aliphatic carbocycles. The van der Waals surface area contributed by atoms with E-state index in [4.69, 9.17) is 0 Å². The summed E-state index contributed by atoms with van der Waals surface area (Å²) < 4.78 is 0.848. The third-order valence-electron chi connectivity index (χ3n) is 3.65. The zero-order valence-electron chi connectivity index (χ0n) is 12.5. The van der Waals surface area contributed by atoms with Gasteiger partial charge in [-0.25, -0.2) is 0 Å². The molecular formula is C18H15BrN2O2. The summed E-state index contributed by atoms with van der Waals surface area (Å²) in [5.74, 6) is -0.195. The Morgan fingerprint density at radius 3 is 2.74 bits per heavy atom. The lowest BCUT2D eigenvalue weighted by Crippen LogP contribution is -2.12. The molecule has 3 rings (SSSR count). The molecule has 2 N–H and O–H groups in total. The number of benzene rings is 2. The van der Waals surface area contributed by atoms with Gasteiger partial charge in [0.05, 0.1) is 5.52 Å². The molecule has 1 aromatic heterocycles. The van der Waals surface area contributed by atoms with E-state index in [2.05, 4.69) is 26.2 Å². The number of carbonyl (C=O) groups excluding carboxylic acids is 1. The predicted octanol–water partition coefficient (Wildman–Crippen LogP) is 4.11. The molecule has 0 saturated carbocycles. The van der Waals surface area contributed by atoms with Crippen LogP contribution in [0, 0.1) is 0 Å². The standard InChI is InChI=1S/C18H15BrN2O2/c1-2-11-9-17(22)21-16-10-14(6-7-15(11)16)20-18(23)12-4-3-5-13(19)8-12/h3-10H,2H2,1H3,(H,20,23)(H,21,22). The van der Waals surface area contributed by atoms with Crippen LogP contribution in [0.5, 0.6) is 0 Å². The number of anilines is 1. The summed E-state index contributed by atoms with van der Waals surface area (Å²) in [6.45, 7) is 2.01. The van der Waals surface area contributed by atoms with Crippen LogP contribution in [0.4, 0.5) is 5.69 Å². The number of rotatable bonds is 3. The Bertz CT molecular complexity index is 947. The van der Waals surface area contributed by atoms with Crippen molar-refractivity contribution in [3.05, 3.63) is 74.5 Å².